The number of Topliss-reactive ketones (excluding diaryl/α,β-unsaturated/α-hetero) is 1. The Bertz CT molecular complexity index is 634. The van der Waals surface area contributed by atoms with E-state index in [1.165, 1.54) is 25.7 Å². The highest BCUT2D eigenvalue weighted by Gasteiger charge is 2.58. The zero-order chi connectivity index (χ0) is 21.4. The van der Waals surface area contributed by atoms with Crippen LogP contribution in [0.1, 0.15) is 67.5 Å². The molecule has 4 saturated carbocycles. The van der Waals surface area contributed by atoms with Gasteiger partial charge in [-0.15, -0.1) is 0 Å². The summed E-state index contributed by atoms with van der Waals surface area (Å²) in [5.41, 5.74) is -0.842. The Kier molecular flexibility index (Phi) is 6.00. The van der Waals surface area contributed by atoms with Crippen LogP contribution in [0.5, 0.6) is 0 Å². The van der Waals surface area contributed by atoms with Crippen LogP contribution in [0.4, 0.5) is 4.39 Å². The lowest BCUT2D eigenvalue weighted by atomic mass is 9.49. The standard InChI is InChI=1S/C21H32BrFO2.CH2S/c1-20-8-6-15-14-7-9-21(25,12-23)10-13(14)2-3-16(15)17(20)4-5-18(20)19(24)11-22;1-2/h13-18,25H,2-12H2,1H3;1H2/t13-,14+,15-,16-,17+,18-,20+,21-;/m1./s1/i;1D2. The molecule has 5 heteroatoms. The van der Waals surface area contributed by atoms with E-state index >= 15 is 0 Å². The minimum absolute atomic E-state index is 0.202. The van der Waals surface area contributed by atoms with Crippen molar-refractivity contribution in [2.75, 3.05) is 12.0 Å². The van der Waals surface area contributed by atoms with Crippen LogP contribution in [0.3, 0.4) is 0 Å². The molecule has 0 aromatic carbocycles. The molecular formula is C22H34BrFO2S. The van der Waals surface area contributed by atoms with E-state index in [1.807, 2.05) is 0 Å². The van der Waals surface area contributed by atoms with Gasteiger partial charge in [0.2, 0.25) is 0 Å². The predicted octanol–water partition coefficient (Wildman–Crippen LogP) is 5.54. The molecule has 4 rings (SSSR count). The second kappa shape index (κ2) is 8.47. The van der Waals surface area contributed by atoms with Crippen molar-refractivity contribution in [1.82, 2.24) is 0 Å². The van der Waals surface area contributed by atoms with Crippen LogP contribution in [0.15, 0.2) is 0 Å². The Hall–Kier alpha value is 0.130. The van der Waals surface area contributed by atoms with Crippen molar-refractivity contribution in [3.63, 3.8) is 0 Å². The second-order valence-electron chi connectivity index (χ2n) is 9.81. The summed E-state index contributed by atoms with van der Waals surface area (Å²) >= 11 is 7.26. The minimum atomic E-state index is -1.04. The van der Waals surface area contributed by atoms with Gasteiger partial charge < -0.3 is 5.11 Å². The lowest BCUT2D eigenvalue weighted by molar-refractivity contribution is -0.131. The summed E-state index contributed by atoms with van der Waals surface area (Å²) in [6.07, 6.45) is 9.39. The summed E-state index contributed by atoms with van der Waals surface area (Å²) in [6.45, 7) is 1.81. The van der Waals surface area contributed by atoms with E-state index in [0.29, 0.717) is 41.7 Å². The van der Waals surface area contributed by atoms with Crippen LogP contribution >= 0.6 is 28.1 Å². The van der Waals surface area contributed by atoms with E-state index in [2.05, 4.69) is 35.1 Å². The zero-order valence-corrected chi connectivity index (χ0v) is 18.7. The van der Waals surface area contributed by atoms with Crippen molar-refractivity contribution in [3.05, 3.63) is 0 Å². The predicted molar refractivity (Wildman–Crippen MR) is 115 cm³/mol. The number of aliphatic hydroxyl groups is 1. The maximum atomic E-state index is 13.2. The Morgan fingerprint density at radius 3 is 2.59 bits per heavy atom. The number of thiocarbonyl (C=S) groups is 1. The summed E-state index contributed by atoms with van der Waals surface area (Å²) in [5, 5.41) is 10.9. The molecule has 4 aliphatic carbocycles. The van der Waals surface area contributed by atoms with E-state index in [-0.39, 0.29) is 11.3 Å². The molecule has 1 N–H and O–H groups in total. The van der Waals surface area contributed by atoms with Crippen molar-refractivity contribution >= 4 is 39.8 Å². The third-order valence-electron chi connectivity index (χ3n) is 8.87. The maximum Gasteiger partial charge on any atom is 0.147 e. The molecule has 0 heterocycles. The van der Waals surface area contributed by atoms with Gasteiger partial charge in [0.25, 0.3) is 0 Å². The Labute approximate surface area is 180 Å². The minimum Gasteiger partial charge on any atom is -0.387 e. The van der Waals surface area contributed by atoms with Gasteiger partial charge in [-0.2, -0.15) is 0 Å². The highest BCUT2D eigenvalue weighted by molar-refractivity contribution is 9.09. The van der Waals surface area contributed by atoms with Crippen molar-refractivity contribution in [3.8, 4) is 0 Å². The first-order valence-corrected chi connectivity index (χ1v) is 12.0. The Balaban J connectivity index is 0.000000552. The number of carbonyl (C=O) groups is 1. The van der Waals surface area contributed by atoms with Gasteiger partial charge in [-0.1, -0.05) is 35.1 Å². The molecule has 0 unspecified atom stereocenters. The molecule has 0 radical (unpaired) electrons. The number of ketones is 1. The summed E-state index contributed by atoms with van der Waals surface area (Å²) in [6, 6.07) is 0. The lowest BCUT2D eigenvalue weighted by Gasteiger charge is -2.56. The fraction of sp³-hybridized carbons (Fsp3) is 0.909. The first kappa shape index (κ1) is 19.1. The summed E-state index contributed by atoms with van der Waals surface area (Å²) in [5.74, 6) is 3.55. The highest BCUT2D eigenvalue weighted by atomic mass is 79.9. The molecule has 0 aromatic rings. The van der Waals surface area contributed by atoms with Gasteiger partial charge in [-0.25, -0.2) is 4.39 Å². The Morgan fingerprint density at radius 1 is 1.22 bits per heavy atom. The fourth-order valence-corrected chi connectivity index (χ4v) is 8.10. The van der Waals surface area contributed by atoms with Gasteiger partial charge in [0.05, 0.1) is 13.7 Å². The second-order valence-corrected chi connectivity index (χ2v) is 10.4. The van der Waals surface area contributed by atoms with Crippen LogP contribution in [-0.4, -0.2) is 34.3 Å². The van der Waals surface area contributed by atoms with Gasteiger partial charge in [0.15, 0.2) is 0 Å². The summed E-state index contributed by atoms with van der Waals surface area (Å²) in [4.78, 5) is 12.5. The molecule has 2 nitrogen and oxygen atoms in total. The Morgan fingerprint density at radius 2 is 1.93 bits per heavy atom. The third-order valence-corrected chi connectivity index (χ3v) is 9.43. The van der Waals surface area contributed by atoms with Crippen molar-refractivity contribution < 1.29 is 17.0 Å². The molecular weight excluding hydrogens is 427 g/mol. The molecule has 0 aliphatic heterocycles. The van der Waals surface area contributed by atoms with Crippen molar-refractivity contribution in [1.29, 1.82) is 0 Å². The van der Waals surface area contributed by atoms with E-state index in [9.17, 15) is 14.3 Å². The summed E-state index contributed by atoms with van der Waals surface area (Å²) in [7, 11) is 0. The normalized spacial score (nSPS) is 49.3. The molecule has 0 amide bonds. The number of hydrogen-bond donors (Lipinski definition) is 1. The topological polar surface area (TPSA) is 37.3 Å². The quantitative estimate of drug-likeness (QED) is 0.441. The number of hydrogen-bond acceptors (Lipinski definition) is 3. The third kappa shape index (κ3) is 3.70. The zero-order valence-electron chi connectivity index (χ0n) is 18.3. The van der Waals surface area contributed by atoms with Crippen LogP contribution in [0.2, 0.25) is 0 Å². The number of carbonyl (C=O) groups excluding carboxylic acids is 1. The van der Waals surface area contributed by atoms with Crippen LogP contribution in [-0.2, 0) is 4.79 Å². The van der Waals surface area contributed by atoms with E-state index in [4.69, 9.17) is 2.74 Å². The highest BCUT2D eigenvalue weighted by Crippen LogP contribution is 2.64. The molecule has 0 spiro atoms. The molecule has 8 atom stereocenters. The van der Waals surface area contributed by atoms with E-state index < -0.39 is 18.1 Å². The van der Waals surface area contributed by atoms with E-state index in [0.717, 1.165) is 31.1 Å². The first-order valence-electron chi connectivity index (χ1n) is 11.5. The number of rotatable bonds is 3. The molecule has 154 valence electrons. The largest absolute Gasteiger partial charge is 0.387 e. The number of halogens is 2. The van der Waals surface area contributed by atoms with Crippen molar-refractivity contribution in [2.45, 2.75) is 70.3 Å². The molecule has 0 saturated heterocycles. The van der Waals surface area contributed by atoms with Crippen molar-refractivity contribution in [2.24, 2.45) is 40.9 Å². The summed E-state index contributed by atoms with van der Waals surface area (Å²) < 4.78 is 25.2. The molecule has 0 aromatic heterocycles. The monoisotopic (exact) mass is 462 g/mol. The van der Waals surface area contributed by atoms with Gasteiger partial charge in [-0.05, 0) is 98.6 Å². The van der Waals surface area contributed by atoms with Gasteiger partial charge in [0.1, 0.15) is 12.5 Å². The number of fused-ring (bicyclic) bond motifs is 5. The van der Waals surface area contributed by atoms with Crippen LogP contribution in [0.25, 0.3) is 0 Å². The van der Waals surface area contributed by atoms with Gasteiger partial charge in [0, 0.05) is 5.92 Å². The van der Waals surface area contributed by atoms with Gasteiger partial charge >= 0.3 is 0 Å². The number of alkyl halides is 2. The van der Waals surface area contributed by atoms with Crippen LogP contribution < -0.4 is 0 Å². The van der Waals surface area contributed by atoms with E-state index in [1.54, 1.807) is 0 Å². The first-order chi connectivity index (χ1) is 13.6. The molecule has 4 fully saturated rings. The average Bonchev–Trinajstić information content (AvgIpc) is 3.03. The SMILES string of the molecule is C[C@]12CC[C@H]3[C@@H](CC[C@@H]4C[C@@](O)(CF)CC[C@@H]43)[C@@H]1CC[C@@H]2C(=O)CBr.[2H]C([2H])=S. The molecule has 27 heavy (non-hydrogen) atoms. The van der Waals surface area contributed by atoms with Crippen LogP contribution in [0, 0.1) is 40.9 Å². The molecule has 0 bridgehead atoms. The fourth-order valence-electron chi connectivity index (χ4n) is 7.71. The lowest BCUT2D eigenvalue weighted by Crippen LogP contribution is -2.52. The van der Waals surface area contributed by atoms with Gasteiger partial charge in [-0.3, -0.25) is 4.79 Å². The maximum absolute atomic E-state index is 13.2. The molecule has 4 aliphatic rings. The average molecular weight is 463 g/mol. The smallest absolute Gasteiger partial charge is 0.147 e.